The van der Waals surface area contributed by atoms with Crippen molar-refractivity contribution in [3.05, 3.63) is 406 Å². The third-order valence-corrected chi connectivity index (χ3v) is 39.3. The SMILES string of the molecule is CC(C)P(CCN)C(C)C.CN(C)c1ccc(P(C(C)(C)C)C(C)(C)C)cc1.CN(C)c1ccc(P(c2ccccc2)c2ccccc2)cc1.NCCCP(c1ccccc1)c1ccccc1.NCCP(c1ccccc1)c1ccccc1.c1ccc(P(CCc2ccccn2)c2ccccc2)cc1.c1ccc(P(c2ccccc2)c2ccccn2)cc1. The van der Waals surface area contributed by atoms with Gasteiger partial charge in [0.1, 0.15) is 0 Å². The Hall–Kier alpha value is -8.57. The minimum absolute atomic E-state index is 0.188. The van der Waals surface area contributed by atoms with Crippen LogP contribution in [0.4, 0.5) is 11.4 Å². The summed E-state index contributed by atoms with van der Waals surface area (Å²) in [7, 11) is 6.46. The summed E-state index contributed by atoms with van der Waals surface area (Å²) in [5, 5.41) is 17.6. The van der Waals surface area contributed by atoms with E-state index in [9.17, 15) is 0 Å². The number of pyridine rings is 2. The summed E-state index contributed by atoms with van der Waals surface area (Å²) in [6, 6.07) is 138. The van der Waals surface area contributed by atoms with E-state index in [4.69, 9.17) is 17.2 Å². The smallest absolute Gasteiger partial charge is 0.0720 e. The molecular weight excluding hydrogens is 1620 g/mol. The highest BCUT2D eigenvalue weighted by Crippen LogP contribution is 2.58. The minimum Gasteiger partial charge on any atom is -0.378 e. The molecule has 2 aromatic heterocycles. The molecule has 0 atom stereocenters. The lowest BCUT2D eigenvalue weighted by Crippen LogP contribution is -2.31. The Morgan fingerprint density at radius 3 is 0.797 bits per heavy atom. The molecule has 0 radical (unpaired) electrons. The number of aromatic nitrogens is 2. The second-order valence-corrected chi connectivity index (χ2v) is 51.2. The molecule has 0 amide bonds. The lowest BCUT2D eigenvalue weighted by atomic mass is 10.2. The van der Waals surface area contributed by atoms with Gasteiger partial charge in [-0.3, -0.25) is 9.97 Å². The van der Waals surface area contributed by atoms with E-state index in [-0.39, 0.29) is 39.6 Å². The van der Waals surface area contributed by atoms with Crippen LogP contribution in [-0.2, 0) is 6.42 Å². The molecule has 14 heteroatoms. The fraction of sp³-hybridized carbons (Fsp3) is 0.248. The number of nitrogens with two attached hydrogens (primary N) is 3. The predicted octanol–water partition coefficient (Wildman–Crippen LogP) is 21.4. The number of rotatable bonds is 27. The van der Waals surface area contributed by atoms with Gasteiger partial charge in [0.25, 0.3) is 0 Å². The van der Waals surface area contributed by atoms with Gasteiger partial charge >= 0.3 is 0 Å². The van der Waals surface area contributed by atoms with E-state index in [1.54, 1.807) is 0 Å². The van der Waals surface area contributed by atoms with Crippen LogP contribution in [0.15, 0.2) is 401 Å². The van der Waals surface area contributed by atoms with E-state index in [2.05, 4.69) is 493 Å². The number of hydrogen-bond donors (Lipinski definition) is 3. The first-order valence-electron chi connectivity index (χ1n) is 43.0. The van der Waals surface area contributed by atoms with Gasteiger partial charge in [-0.05, 0) is 223 Å². The first kappa shape index (κ1) is 99.8. The van der Waals surface area contributed by atoms with Gasteiger partial charge in [-0.1, -0.05) is 417 Å². The van der Waals surface area contributed by atoms with Crippen LogP contribution in [0.5, 0.6) is 0 Å². The van der Waals surface area contributed by atoms with Crippen LogP contribution in [0.2, 0.25) is 0 Å². The van der Waals surface area contributed by atoms with Crippen LogP contribution in [-0.4, -0.2) is 104 Å². The molecule has 2 heterocycles. The first-order valence-corrected chi connectivity index (χ1v) is 53.3. The maximum Gasteiger partial charge on any atom is 0.0720 e. The topological polar surface area (TPSA) is 110 Å². The Labute approximate surface area is 750 Å². The van der Waals surface area contributed by atoms with Gasteiger partial charge in [-0.25, -0.2) is 0 Å². The molecule has 14 aromatic rings. The molecule has 0 aliphatic carbocycles. The van der Waals surface area contributed by atoms with Crippen LogP contribution in [0.1, 0.15) is 81.4 Å². The van der Waals surface area contributed by atoms with Crippen molar-refractivity contribution in [2.24, 2.45) is 17.2 Å². The van der Waals surface area contributed by atoms with Crippen molar-refractivity contribution in [3.63, 3.8) is 0 Å². The quantitative estimate of drug-likeness (QED) is 0.0440. The van der Waals surface area contributed by atoms with Crippen molar-refractivity contribution in [1.29, 1.82) is 0 Å². The summed E-state index contributed by atoms with van der Waals surface area (Å²) < 4.78 is 0. The molecule has 0 saturated carbocycles. The molecule has 12 aromatic carbocycles. The lowest BCUT2D eigenvalue weighted by molar-refractivity contribution is 0.715. The van der Waals surface area contributed by atoms with Crippen LogP contribution in [0, 0.1) is 0 Å². The molecular formula is C109H134N7P7. The molecule has 6 N–H and O–H groups in total. The third kappa shape index (κ3) is 34.4. The van der Waals surface area contributed by atoms with Crippen molar-refractivity contribution in [2.75, 3.05) is 82.3 Å². The van der Waals surface area contributed by atoms with E-state index in [1.165, 1.54) is 93.0 Å². The number of benzene rings is 12. The lowest BCUT2D eigenvalue weighted by Gasteiger charge is -2.41. The molecule has 123 heavy (non-hydrogen) atoms. The summed E-state index contributed by atoms with van der Waals surface area (Å²) in [4.78, 5) is 13.3. The number of nitrogens with zero attached hydrogens (tertiary/aromatic N) is 4. The normalized spacial score (nSPS) is 11.1. The Morgan fingerprint density at radius 2 is 0.537 bits per heavy atom. The van der Waals surface area contributed by atoms with E-state index in [1.807, 2.05) is 24.5 Å². The van der Waals surface area contributed by atoms with E-state index < -0.39 is 15.8 Å². The van der Waals surface area contributed by atoms with E-state index in [0.29, 0.717) is 10.3 Å². The summed E-state index contributed by atoms with van der Waals surface area (Å²) in [6.07, 6.45) is 10.5. The van der Waals surface area contributed by atoms with Gasteiger partial charge in [-0.2, -0.15) is 0 Å². The Balaban J connectivity index is 0.000000180. The molecule has 0 unspecified atom stereocenters. The zero-order chi connectivity index (χ0) is 88.0. The van der Waals surface area contributed by atoms with Gasteiger partial charge in [-0.15, -0.1) is 7.92 Å². The average Bonchev–Trinajstić information content (AvgIpc) is 0.794. The maximum atomic E-state index is 5.72. The number of hydrogen-bond acceptors (Lipinski definition) is 7. The average molecular weight is 1760 g/mol. The van der Waals surface area contributed by atoms with Crippen LogP contribution < -0.4 is 96.1 Å². The monoisotopic (exact) mass is 1760 g/mol. The first-order chi connectivity index (χ1) is 59.6. The predicted molar refractivity (Wildman–Crippen MR) is 563 cm³/mol. The zero-order valence-electron chi connectivity index (χ0n) is 75.3. The minimum atomic E-state index is -0.557. The summed E-state index contributed by atoms with van der Waals surface area (Å²) >= 11 is 0. The van der Waals surface area contributed by atoms with E-state index >= 15 is 0 Å². The molecule has 7 nitrogen and oxygen atoms in total. The van der Waals surface area contributed by atoms with Gasteiger partial charge in [0, 0.05) is 65.6 Å². The molecule has 14 rings (SSSR count). The zero-order valence-corrected chi connectivity index (χ0v) is 81.5. The van der Waals surface area contributed by atoms with Crippen molar-refractivity contribution in [1.82, 2.24) is 9.97 Å². The fourth-order valence-corrected chi connectivity index (χ4v) is 32.4. The fourth-order valence-electron chi connectivity index (χ4n) is 14.5. The molecule has 0 saturated heterocycles. The van der Waals surface area contributed by atoms with Crippen LogP contribution in [0.3, 0.4) is 0 Å². The molecule has 0 bridgehead atoms. The second kappa shape index (κ2) is 55.0. The molecule has 0 aliphatic heterocycles. The molecule has 0 fully saturated rings. The van der Waals surface area contributed by atoms with Crippen molar-refractivity contribution in [2.45, 2.75) is 104 Å². The van der Waals surface area contributed by atoms with Crippen molar-refractivity contribution >= 4 is 136 Å². The molecule has 640 valence electrons. The Morgan fingerprint density at radius 1 is 0.268 bits per heavy atom. The Bertz CT molecular complexity index is 4740. The highest BCUT2D eigenvalue weighted by Gasteiger charge is 2.35. The summed E-state index contributed by atoms with van der Waals surface area (Å²) in [5.74, 6) is 0. The van der Waals surface area contributed by atoms with Crippen LogP contribution in [0.25, 0.3) is 0 Å². The van der Waals surface area contributed by atoms with Gasteiger partial charge in [0.2, 0.25) is 0 Å². The van der Waals surface area contributed by atoms with Crippen molar-refractivity contribution in [3.8, 4) is 0 Å². The van der Waals surface area contributed by atoms with Gasteiger partial charge in [0.05, 0.1) is 5.44 Å². The summed E-state index contributed by atoms with van der Waals surface area (Å²) in [5.41, 5.74) is 23.4. The van der Waals surface area contributed by atoms with Crippen LogP contribution >= 0.6 is 55.5 Å². The summed E-state index contributed by atoms with van der Waals surface area (Å²) in [6.45, 7) is 25.8. The standard InChI is InChI=1S/C20H20NP.C19H18NP.C17H14NP.C16H28NP.C15H18NP.C14H16NP.C8H20NP/c1-21(2)17-13-15-20(16-14-17)22(18-9-5-3-6-10-18)19-11-7-4-8-12-19;1-3-10-18(11-4-1)21(19-12-5-2-6-13-19)16-14-17-9-7-8-15-20-17;1-3-9-15(10-4-1)19(16-11-5-2-6-12-16)17-13-7-8-14-18-17;1-15(2,3)18(16(4,5)6)14-11-9-13(10-12-14)17(7)8;16-12-7-13-17(14-8-3-1-4-9-14)15-10-5-2-6-11-15;15-11-12-16(13-7-3-1-4-8-13)14-9-5-2-6-10-14;1-7(2)10(6-5-9)8(3)4/h3-16H,1-2H3;1-13,15H,14,16H2;1-14H;9-12H,1-8H3;1-6,8-11H,7,12-13,16H2;1-10H,11-12,15H2;7-8H,5-6,9H2,1-4H3. The Kier molecular flexibility index (Phi) is 44.7. The number of aryl methyl sites for hydroxylation is 1. The maximum absolute atomic E-state index is 5.72. The third-order valence-electron chi connectivity index (χ3n) is 19.9. The highest BCUT2D eigenvalue weighted by molar-refractivity contribution is 7.80. The van der Waals surface area contributed by atoms with Gasteiger partial charge in [0.15, 0.2) is 0 Å². The molecule has 0 aliphatic rings. The highest BCUT2D eigenvalue weighted by atomic mass is 31.1. The van der Waals surface area contributed by atoms with Gasteiger partial charge < -0.3 is 27.0 Å². The second-order valence-electron chi connectivity index (χ2n) is 32.4. The number of anilines is 2. The van der Waals surface area contributed by atoms with Crippen molar-refractivity contribution < 1.29 is 0 Å². The van der Waals surface area contributed by atoms with E-state index in [0.717, 1.165) is 61.6 Å². The molecule has 0 spiro atoms. The largest absolute Gasteiger partial charge is 0.378 e.